The highest BCUT2D eigenvalue weighted by Gasteiger charge is 2.02. The Morgan fingerprint density at radius 1 is 1.08 bits per heavy atom. The quantitative estimate of drug-likeness (QED) is 0.692. The third kappa shape index (κ3) is 2.15. The zero-order chi connectivity index (χ0) is 9.68. The van der Waals surface area contributed by atoms with Crippen molar-refractivity contribution in [3.63, 3.8) is 0 Å². The molecule has 13 heavy (non-hydrogen) atoms. The van der Waals surface area contributed by atoms with Crippen LogP contribution in [0.3, 0.4) is 0 Å². The van der Waals surface area contributed by atoms with Crippen molar-refractivity contribution in [1.29, 1.82) is 0 Å². The van der Waals surface area contributed by atoms with Gasteiger partial charge in [0, 0.05) is 12.4 Å². The molecule has 1 aromatic carbocycles. The Balaban J connectivity index is 3.17. The van der Waals surface area contributed by atoms with Gasteiger partial charge in [0.2, 0.25) is 0 Å². The van der Waals surface area contributed by atoms with Crippen molar-refractivity contribution in [3.8, 4) is 5.75 Å². The van der Waals surface area contributed by atoms with E-state index in [1.54, 1.807) is 38.4 Å². The third-order valence-electron chi connectivity index (χ3n) is 1.53. The number of benzene rings is 1. The molecule has 0 bridgehead atoms. The van der Waals surface area contributed by atoms with E-state index in [2.05, 4.69) is 9.98 Å². The molecule has 0 saturated carbocycles. The predicted molar refractivity (Wildman–Crippen MR) is 55.8 cm³/mol. The van der Waals surface area contributed by atoms with E-state index in [1.165, 1.54) is 0 Å². The molecule has 0 atom stereocenters. The second kappa shape index (κ2) is 4.40. The number of aliphatic imine (C=N–C) groups is 2. The Morgan fingerprint density at radius 2 is 1.54 bits per heavy atom. The lowest BCUT2D eigenvalue weighted by atomic mass is 10.2. The fourth-order valence-corrected chi connectivity index (χ4v) is 1.01. The van der Waals surface area contributed by atoms with Crippen LogP contribution in [0.25, 0.3) is 0 Å². The van der Waals surface area contributed by atoms with Crippen LogP contribution in [0.4, 0.5) is 11.4 Å². The highest BCUT2D eigenvalue weighted by Crippen LogP contribution is 2.35. The van der Waals surface area contributed by atoms with Crippen molar-refractivity contribution in [1.82, 2.24) is 0 Å². The minimum Gasteiger partial charge on any atom is -0.504 e. The molecule has 1 aromatic rings. The smallest absolute Gasteiger partial charge is 0.167 e. The number of para-hydroxylation sites is 1. The lowest BCUT2D eigenvalue weighted by Crippen LogP contribution is -1.71. The summed E-state index contributed by atoms with van der Waals surface area (Å²) >= 11 is 0. The maximum atomic E-state index is 9.62. The zero-order valence-corrected chi connectivity index (χ0v) is 7.73. The van der Waals surface area contributed by atoms with E-state index in [1.807, 2.05) is 6.07 Å². The average molecular weight is 176 g/mol. The van der Waals surface area contributed by atoms with E-state index < -0.39 is 0 Å². The second-order valence-corrected chi connectivity index (χ2v) is 2.42. The van der Waals surface area contributed by atoms with Crippen LogP contribution in [0.15, 0.2) is 28.2 Å². The minimum absolute atomic E-state index is 0.124. The number of hydrogen-bond donors (Lipinski definition) is 1. The Morgan fingerprint density at radius 3 is 1.92 bits per heavy atom. The van der Waals surface area contributed by atoms with Crippen molar-refractivity contribution >= 4 is 23.8 Å². The van der Waals surface area contributed by atoms with Gasteiger partial charge in [-0.1, -0.05) is 6.07 Å². The van der Waals surface area contributed by atoms with Gasteiger partial charge in [0.25, 0.3) is 0 Å². The lowest BCUT2D eigenvalue weighted by Gasteiger charge is -2.00. The molecule has 1 rings (SSSR count). The van der Waals surface area contributed by atoms with Crippen molar-refractivity contribution in [2.75, 3.05) is 0 Å². The van der Waals surface area contributed by atoms with Crippen LogP contribution in [0.5, 0.6) is 5.75 Å². The van der Waals surface area contributed by atoms with Gasteiger partial charge >= 0.3 is 0 Å². The molecule has 0 saturated heterocycles. The molecule has 0 fully saturated rings. The van der Waals surface area contributed by atoms with Gasteiger partial charge in [-0.25, -0.2) is 0 Å². The monoisotopic (exact) mass is 176 g/mol. The first-order valence-electron chi connectivity index (χ1n) is 4.09. The van der Waals surface area contributed by atoms with Gasteiger partial charge in [0.05, 0.1) is 0 Å². The van der Waals surface area contributed by atoms with Gasteiger partial charge in [0.1, 0.15) is 11.4 Å². The van der Waals surface area contributed by atoms with E-state index in [-0.39, 0.29) is 5.75 Å². The molecule has 0 spiro atoms. The Labute approximate surface area is 77.5 Å². The molecule has 68 valence electrons. The predicted octanol–water partition coefficient (Wildman–Crippen LogP) is 2.84. The summed E-state index contributed by atoms with van der Waals surface area (Å²) < 4.78 is 0. The number of nitrogens with zero attached hydrogens (tertiary/aromatic N) is 2. The van der Waals surface area contributed by atoms with Gasteiger partial charge in [-0.15, -0.1) is 0 Å². The number of phenolic OH excluding ortho intramolecular Hbond substituents is 1. The molecule has 0 aromatic heterocycles. The molecule has 3 heteroatoms. The molecule has 3 nitrogen and oxygen atoms in total. The van der Waals surface area contributed by atoms with Crippen LogP contribution in [-0.4, -0.2) is 17.5 Å². The number of hydrogen-bond acceptors (Lipinski definition) is 3. The van der Waals surface area contributed by atoms with Crippen molar-refractivity contribution in [2.24, 2.45) is 9.98 Å². The van der Waals surface area contributed by atoms with E-state index >= 15 is 0 Å². The van der Waals surface area contributed by atoms with Gasteiger partial charge in [-0.05, 0) is 26.0 Å². The van der Waals surface area contributed by atoms with Crippen molar-refractivity contribution in [2.45, 2.75) is 13.8 Å². The number of phenols is 1. The zero-order valence-electron chi connectivity index (χ0n) is 7.73. The van der Waals surface area contributed by atoms with E-state index in [9.17, 15) is 5.11 Å². The largest absolute Gasteiger partial charge is 0.504 e. The standard InChI is InChI=1S/C10H12N2O/c1-3-11-8-6-5-7-9(10(8)13)12-4-2/h3-7,13H,1-2H3. The normalized spacial score (nSPS) is 11.5. The summed E-state index contributed by atoms with van der Waals surface area (Å²) in [5.41, 5.74) is 1.09. The summed E-state index contributed by atoms with van der Waals surface area (Å²) in [6.45, 7) is 3.60. The summed E-state index contributed by atoms with van der Waals surface area (Å²) in [6, 6.07) is 5.29. The summed E-state index contributed by atoms with van der Waals surface area (Å²) in [5, 5.41) is 9.62. The summed E-state index contributed by atoms with van der Waals surface area (Å²) in [6.07, 6.45) is 3.27. The molecular weight excluding hydrogens is 164 g/mol. The summed E-state index contributed by atoms with van der Waals surface area (Å²) in [4.78, 5) is 8.00. The van der Waals surface area contributed by atoms with E-state index in [0.29, 0.717) is 11.4 Å². The second-order valence-electron chi connectivity index (χ2n) is 2.42. The van der Waals surface area contributed by atoms with Crippen LogP contribution >= 0.6 is 0 Å². The molecular formula is C10H12N2O. The van der Waals surface area contributed by atoms with Crippen molar-refractivity contribution < 1.29 is 5.11 Å². The van der Waals surface area contributed by atoms with E-state index in [0.717, 1.165) is 0 Å². The Bertz CT molecular complexity index is 313. The van der Waals surface area contributed by atoms with Gasteiger partial charge < -0.3 is 5.11 Å². The van der Waals surface area contributed by atoms with Gasteiger partial charge in [-0.2, -0.15) is 0 Å². The average Bonchev–Trinajstić information content (AvgIpc) is 2.13. The minimum atomic E-state index is 0.124. The molecule has 1 N–H and O–H groups in total. The number of aromatic hydroxyl groups is 1. The molecule has 0 radical (unpaired) electrons. The highest BCUT2D eigenvalue weighted by molar-refractivity contribution is 5.73. The molecule has 0 aliphatic heterocycles. The fourth-order valence-electron chi connectivity index (χ4n) is 1.01. The Kier molecular flexibility index (Phi) is 3.20. The van der Waals surface area contributed by atoms with Crippen LogP contribution in [0, 0.1) is 0 Å². The van der Waals surface area contributed by atoms with E-state index in [4.69, 9.17) is 0 Å². The van der Waals surface area contributed by atoms with Crippen LogP contribution < -0.4 is 0 Å². The topological polar surface area (TPSA) is 45.0 Å². The molecule has 0 amide bonds. The van der Waals surface area contributed by atoms with Gasteiger partial charge in [-0.3, -0.25) is 9.98 Å². The first-order valence-corrected chi connectivity index (χ1v) is 4.09. The van der Waals surface area contributed by atoms with Gasteiger partial charge in [0.15, 0.2) is 5.75 Å². The fraction of sp³-hybridized carbons (Fsp3) is 0.200. The highest BCUT2D eigenvalue weighted by atomic mass is 16.3. The molecule has 0 heterocycles. The SMILES string of the molecule is CC=Nc1cccc(N=CC)c1O. The maximum absolute atomic E-state index is 9.62. The molecule has 0 aliphatic carbocycles. The summed E-state index contributed by atoms with van der Waals surface area (Å²) in [7, 11) is 0. The third-order valence-corrected chi connectivity index (χ3v) is 1.53. The van der Waals surface area contributed by atoms with Crippen LogP contribution in [0.2, 0.25) is 0 Å². The molecule has 0 unspecified atom stereocenters. The first-order chi connectivity index (χ1) is 6.29. The Hall–Kier alpha value is -1.64. The first kappa shape index (κ1) is 9.45. The number of rotatable bonds is 2. The van der Waals surface area contributed by atoms with Crippen molar-refractivity contribution in [3.05, 3.63) is 18.2 Å². The summed E-state index contributed by atoms with van der Waals surface area (Å²) in [5.74, 6) is 0.124. The lowest BCUT2D eigenvalue weighted by molar-refractivity contribution is 0.478. The molecule has 0 aliphatic rings. The van der Waals surface area contributed by atoms with Crippen LogP contribution in [-0.2, 0) is 0 Å². The van der Waals surface area contributed by atoms with Crippen LogP contribution in [0.1, 0.15) is 13.8 Å². The maximum Gasteiger partial charge on any atom is 0.167 e.